The number of nitrogens with one attached hydrogen (secondary N) is 1. The molecule has 12 heteroatoms. The zero-order valence-electron chi connectivity index (χ0n) is 23.9. The lowest BCUT2D eigenvalue weighted by atomic mass is 10.0. The second kappa shape index (κ2) is 12.4. The number of anilines is 1. The van der Waals surface area contributed by atoms with Crippen molar-refractivity contribution in [1.82, 2.24) is 19.4 Å². The highest BCUT2D eigenvalue weighted by atomic mass is 35.5. The summed E-state index contributed by atoms with van der Waals surface area (Å²) in [4.78, 5) is 48.6. The fourth-order valence-electron chi connectivity index (χ4n) is 5.47. The summed E-state index contributed by atoms with van der Waals surface area (Å²) in [5.41, 5.74) is 1.40. The summed E-state index contributed by atoms with van der Waals surface area (Å²) in [6.45, 7) is 0.816. The summed E-state index contributed by atoms with van der Waals surface area (Å²) in [6.07, 6.45) is 2.90. The molecule has 1 saturated heterocycles. The van der Waals surface area contributed by atoms with E-state index in [1.807, 2.05) is 0 Å². The molecule has 2 atom stereocenters. The summed E-state index contributed by atoms with van der Waals surface area (Å²) < 4.78 is 37.5. The highest BCUT2D eigenvalue weighted by Gasteiger charge is 2.40. The molecule has 0 unspecified atom stereocenters. The third kappa shape index (κ3) is 6.12. The van der Waals surface area contributed by atoms with E-state index in [4.69, 9.17) is 16.3 Å². The third-order valence-electron chi connectivity index (χ3n) is 7.58. The van der Waals surface area contributed by atoms with Crippen LogP contribution in [-0.4, -0.2) is 55.8 Å². The summed E-state index contributed by atoms with van der Waals surface area (Å²) in [5.74, 6) is -1.82. The molecule has 0 saturated carbocycles. The Morgan fingerprint density at radius 1 is 1.02 bits per heavy atom. The number of hydrogen-bond donors (Lipinski definition) is 1. The number of likely N-dealkylation sites (tertiary alicyclic amines) is 1. The maximum Gasteiger partial charge on any atom is 0.321 e. The van der Waals surface area contributed by atoms with Crippen molar-refractivity contribution in [2.45, 2.75) is 32.1 Å². The normalized spacial score (nSPS) is 16.1. The van der Waals surface area contributed by atoms with Crippen molar-refractivity contribution in [1.29, 1.82) is 0 Å². The van der Waals surface area contributed by atoms with Gasteiger partial charge >= 0.3 is 6.01 Å². The Bertz CT molecular complexity index is 1930. The number of fused-ring (bicyclic) bond motifs is 1. The van der Waals surface area contributed by atoms with Gasteiger partial charge in [0.2, 0.25) is 11.8 Å². The summed E-state index contributed by atoms with van der Waals surface area (Å²) >= 11 is 6.26. The number of benzene rings is 3. The molecule has 0 bridgehead atoms. The number of halogens is 3. The van der Waals surface area contributed by atoms with Crippen LogP contribution < -0.4 is 10.1 Å². The smallest absolute Gasteiger partial charge is 0.321 e. The van der Waals surface area contributed by atoms with Gasteiger partial charge in [-0.05, 0) is 37.3 Å². The maximum absolute atomic E-state index is 15.5. The Morgan fingerprint density at radius 3 is 2.53 bits per heavy atom. The molecule has 1 fully saturated rings. The van der Waals surface area contributed by atoms with Crippen LogP contribution in [0, 0.1) is 5.82 Å². The van der Waals surface area contributed by atoms with Gasteiger partial charge in [0, 0.05) is 58.2 Å². The number of hydrogen-bond acceptors (Lipinski definition) is 6. The minimum atomic E-state index is -1.45. The zero-order chi connectivity index (χ0) is 31.7. The van der Waals surface area contributed by atoms with Crippen LogP contribution in [0.2, 0.25) is 5.02 Å². The van der Waals surface area contributed by atoms with Gasteiger partial charge in [0.25, 0.3) is 0 Å². The Balaban J connectivity index is 1.24. The lowest BCUT2D eigenvalue weighted by Gasteiger charge is -2.24. The monoisotopic (exact) mass is 629 g/mol. The molecule has 228 valence electrons. The molecule has 5 aromatic rings. The molecule has 45 heavy (non-hydrogen) atoms. The van der Waals surface area contributed by atoms with Gasteiger partial charge in [-0.2, -0.15) is 0 Å². The molecule has 1 aliphatic heterocycles. The van der Waals surface area contributed by atoms with E-state index in [1.54, 1.807) is 65.4 Å². The number of Topliss-reactive ketones (excluding diaryl/α,β-unsaturated/α-hetero) is 1. The number of nitrogens with zero attached hydrogens (tertiary/aromatic N) is 4. The molecule has 0 radical (unpaired) electrons. The number of amides is 2. The highest BCUT2D eigenvalue weighted by molar-refractivity contribution is 6.33. The summed E-state index contributed by atoms with van der Waals surface area (Å²) in [5, 5.41) is 3.46. The third-order valence-corrected chi connectivity index (χ3v) is 7.91. The van der Waals surface area contributed by atoms with E-state index in [2.05, 4.69) is 15.3 Å². The van der Waals surface area contributed by atoms with Gasteiger partial charge in [0.1, 0.15) is 24.5 Å². The van der Waals surface area contributed by atoms with Crippen molar-refractivity contribution >= 4 is 45.8 Å². The van der Waals surface area contributed by atoms with Crippen molar-refractivity contribution < 1.29 is 27.9 Å². The molecule has 1 N–H and O–H groups in total. The van der Waals surface area contributed by atoms with E-state index in [1.165, 1.54) is 31.5 Å². The first kappa shape index (κ1) is 29.9. The van der Waals surface area contributed by atoms with Crippen LogP contribution in [0.3, 0.4) is 0 Å². The average molecular weight is 630 g/mol. The van der Waals surface area contributed by atoms with Gasteiger partial charge in [0.05, 0.1) is 17.7 Å². The number of carbonyl (C=O) groups excluding carboxylic acids is 3. The number of aromatic nitrogens is 3. The van der Waals surface area contributed by atoms with Gasteiger partial charge in [-0.25, -0.2) is 18.7 Å². The molecule has 3 heterocycles. The molecule has 2 aromatic heterocycles. The standard InChI is InChI=1S/C33H26ClF2N5O4/c1-19(42)25-17-40(28-15-21(10-11-23(25)28)45-33-37-12-5-13-38-33)18-30(43)41-16-20(35)14-29(41)32(44)39-27-9-4-7-24(31(27)36)22-6-2-3-8-26(22)34/h2-13,15,17,20,29H,14,16,18H2,1H3,(H,39,44)/t20-,29+/m1/s1. The van der Waals surface area contributed by atoms with E-state index in [0.29, 0.717) is 32.8 Å². The Kier molecular flexibility index (Phi) is 8.27. The largest absolute Gasteiger partial charge is 0.424 e. The number of ether oxygens (including phenoxy) is 1. The Hall–Kier alpha value is -5.16. The van der Waals surface area contributed by atoms with Crippen molar-refractivity contribution in [2.75, 3.05) is 11.9 Å². The molecule has 3 aromatic carbocycles. The Labute approximate surface area is 261 Å². The lowest BCUT2D eigenvalue weighted by molar-refractivity contribution is -0.137. The lowest BCUT2D eigenvalue weighted by Crippen LogP contribution is -2.44. The maximum atomic E-state index is 15.5. The predicted octanol–water partition coefficient (Wildman–Crippen LogP) is 6.46. The van der Waals surface area contributed by atoms with Crippen LogP contribution in [0.25, 0.3) is 22.0 Å². The molecular formula is C33H26ClF2N5O4. The first-order chi connectivity index (χ1) is 21.7. The van der Waals surface area contributed by atoms with Crippen LogP contribution in [-0.2, 0) is 16.1 Å². The van der Waals surface area contributed by atoms with E-state index >= 15 is 4.39 Å². The van der Waals surface area contributed by atoms with E-state index in [9.17, 15) is 18.8 Å². The van der Waals surface area contributed by atoms with Gasteiger partial charge in [-0.15, -0.1) is 0 Å². The van der Waals surface area contributed by atoms with Gasteiger partial charge < -0.3 is 19.5 Å². The second-order valence-electron chi connectivity index (χ2n) is 10.6. The van der Waals surface area contributed by atoms with Crippen LogP contribution >= 0.6 is 11.6 Å². The van der Waals surface area contributed by atoms with E-state index in [-0.39, 0.29) is 42.6 Å². The zero-order valence-corrected chi connectivity index (χ0v) is 24.7. The van der Waals surface area contributed by atoms with Gasteiger partial charge in [-0.3, -0.25) is 14.4 Å². The van der Waals surface area contributed by atoms with E-state index < -0.39 is 29.8 Å². The van der Waals surface area contributed by atoms with Crippen molar-refractivity contribution in [3.8, 4) is 22.9 Å². The molecule has 6 rings (SSSR count). The number of alkyl halides is 1. The topological polar surface area (TPSA) is 106 Å². The van der Waals surface area contributed by atoms with E-state index in [0.717, 1.165) is 4.90 Å². The second-order valence-corrected chi connectivity index (χ2v) is 11.0. The summed E-state index contributed by atoms with van der Waals surface area (Å²) in [7, 11) is 0. The Morgan fingerprint density at radius 2 is 1.78 bits per heavy atom. The van der Waals surface area contributed by atoms with Crippen molar-refractivity contribution in [3.63, 3.8) is 0 Å². The van der Waals surface area contributed by atoms with Crippen molar-refractivity contribution in [2.24, 2.45) is 0 Å². The quantitative estimate of drug-likeness (QED) is 0.197. The highest BCUT2D eigenvalue weighted by Crippen LogP contribution is 2.34. The predicted molar refractivity (Wildman–Crippen MR) is 165 cm³/mol. The number of rotatable bonds is 8. The summed E-state index contributed by atoms with van der Waals surface area (Å²) in [6, 6.07) is 16.8. The molecule has 2 amide bonds. The van der Waals surface area contributed by atoms with Crippen LogP contribution in [0.15, 0.2) is 85.3 Å². The molecule has 1 aliphatic rings. The van der Waals surface area contributed by atoms with Crippen LogP contribution in [0.4, 0.5) is 14.5 Å². The first-order valence-electron chi connectivity index (χ1n) is 14.1. The van der Waals surface area contributed by atoms with Crippen LogP contribution in [0.5, 0.6) is 11.8 Å². The molecule has 0 spiro atoms. The fourth-order valence-corrected chi connectivity index (χ4v) is 5.71. The van der Waals surface area contributed by atoms with Gasteiger partial charge in [-0.1, -0.05) is 41.9 Å². The molecule has 0 aliphatic carbocycles. The molecule has 9 nitrogen and oxygen atoms in total. The first-order valence-corrected chi connectivity index (χ1v) is 14.4. The van der Waals surface area contributed by atoms with Crippen molar-refractivity contribution in [3.05, 3.63) is 102 Å². The number of carbonyl (C=O) groups is 3. The van der Waals surface area contributed by atoms with Crippen LogP contribution in [0.1, 0.15) is 23.7 Å². The fraction of sp³-hybridized carbons (Fsp3) is 0.182. The average Bonchev–Trinajstić information content (AvgIpc) is 3.60. The minimum Gasteiger partial charge on any atom is -0.424 e. The number of ketones is 1. The molecular weight excluding hydrogens is 604 g/mol. The SMILES string of the molecule is CC(=O)c1cn(CC(=O)N2C[C@H](F)C[C@H]2C(=O)Nc2cccc(-c3ccccc3Cl)c2F)c2cc(Oc3ncccn3)ccc12. The van der Waals surface area contributed by atoms with Gasteiger partial charge in [0.15, 0.2) is 11.6 Å². The minimum absolute atomic E-state index is 0.117.